The summed E-state index contributed by atoms with van der Waals surface area (Å²) in [7, 11) is 0. The van der Waals surface area contributed by atoms with Crippen LogP contribution in [0.5, 0.6) is 0 Å². The number of hydrogen-bond acceptors (Lipinski definition) is 7. The Morgan fingerprint density at radius 2 is 1.96 bits per heavy atom. The molecule has 3 aromatic rings. The number of anilines is 3. The number of halogens is 1. The van der Waals surface area contributed by atoms with Crippen molar-refractivity contribution in [1.82, 2.24) is 19.9 Å². The molecule has 0 unspecified atom stereocenters. The minimum Gasteiger partial charge on any atom is -0.368 e. The first-order valence-corrected chi connectivity index (χ1v) is 9.10. The molecule has 0 saturated carbocycles. The molecule has 6 nitrogen and oxygen atoms in total. The summed E-state index contributed by atoms with van der Waals surface area (Å²) in [5.74, 6) is 1.66. The minimum atomic E-state index is 0.175. The van der Waals surface area contributed by atoms with Crippen LogP contribution in [0.15, 0.2) is 47.6 Å². The van der Waals surface area contributed by atoms with E-state index in [2.05, 4.69) is 38.2 Å². The van der Waals surface area contributed by atoms with Crippen LogP contribution in [0.1, 0.15) is 18.3 Å². The molecule has 25 heavy (non-hydrogen) atoms. The number of nitrogen functional groups attached to an aromatic ring is 1. The molecule has 3 N–H and O–H groups in total. The Kier molecular flexibility index (Phi) is 5.67. The van der Waals surface area contributed by atoms with Gasteiger partial charge in [0.05, 0.1) is 10.8 Å². The molecule has 0 fully saturated rings. The van der Waals surface area contributed by atoms with E-state index in [1.54, 1.807) is 18.3 Å². The van der Waals surface area contributed by atoms with Gasteiger partial charge in [0.1, 0.15) is 10.9 Å². The van der Waals surface area contributed by atoms with Crippen LogP contribution in [0.2, 0.25) is 5.02 Å². The summed E-state index contributed by atoms with van der Waals surface area (Å²) in [4.78, 5) is 17.0. The first-order valence-electron chi connectivity index (χ1n) is 7.74. The van der Waals surface area contributed by atoms with Gasteiger partial charge < -0.3 is 11.1 Å². The number of thioether (sulfide) groups is 1. The van der Waals surface area contributed by atoms with E-state index in [0.717, 1.165) is 17.1 Å². The number of pyridine rings is 1. The second kappa shape index (κ2) is 8.13. The van der Waals surface area contributed by atoms with Crippen LogP contribution >= 0.6 is 23.4 Å². The van der Waals surface area contributed by atoms with Crippen LogP contribution in [-0.2, 0) is 12.2 Å². The van der Waals surface area contributed by atoms with Crippen LogP contribution < -0.4 is 11.1 Å². The van der Waals surface area contributed by atoms with Crippen molar-refractivity contribution in [2.45, 2.75) is 24.1 Å². The molecular formula is C17H17ClN6S. The standard InChI is InChI=1S/C17H17ClN6S/c1-2-11-6-3-4-8-13(11)21-17-23-14(22-16(19)24-17)10-25-15-12(18)7-5-9-20-15/h3-9H,2,10H2,1H3,(H3,19,21,22,23,24). The minimum absolute atomic E-state index is 0.175. The van der Waals surface area contributed by atoms with Crippen molar-refractivity contribution in [2.75, 3.05) is 11.1 Å². The molecule has 0 spiro atoms. The molecule has 0 aliphatic rings. The van der Waals surface area contributed by atoms with Crippen molar-refractivity contribution in [3.05, 3.63) is 59.0 Å². The van der Waals surface area contributed by atoms with E-state index >= 15 is 0 Å². The number of hydrogen-bond donors (Lipinski definition) is 2. The number of aromatic nitrogens is 4. The molecule has 128 valence electrons. The Hall–Kier alpha value is -2.38. The third kappa shape index (κ3) is 4.58. The zero-order valence-electron chi connectivity index (χ0n) is 13.6. The molecule has 0 amide bonds. The van der Waals surface area contributed by atoms with Gasteiger partial charge in [0, 0.05) is 11.9 Å². The van der Waals surface area contributed by atoms with Gasteiger partial charge in [-0.25, -0.2) is 4.98 Å². The van der Waals surface area contributed by atoms with E-state index < -0.39 is 0 Å². The molecule has 0 bridgehead atoms. The zero-order chi connectivity index (χ0) is 17.6. The van der Waals surface area contributed by atoms with E-state index in [4.69, 9.17) is 17.3 Å². The monoisotopic (exact) mass is 372 g/mol. The zero-order valence-corrected chi connectivity index (χ0v) is 15.2. The molecule has 0 radical (unpaired) electrons. The van der Waals surface area contributed by atoms with Crippen molar-refractivity contribution in [2.24, 2.45) is 0 Å². The molecule has 2 aromatic heterocycles. The highest BCUT2D eigenvalue weighted by molar-refractivity contribution is 7.98. The van der Waals surface area contributed by atoms with Gasteiger partial charge in [-0.05, 0) is 30.2 Å². The van der Waals surface area contributed by atoms with Crippen molar-refractivity contribution in [1.29, 1.82) is 0 Å². The Morgan fingerprint density at radius 3 is 2.76 bits per heavy atom. The fourth-order valence-electron chi connectivity index (χ4n) is 2.24. The third-order valence-electron chi connectivity index (χ3n) is 3.41. The second-order valence-corrected chi connectivity index (χ2v) is 6.52. The lowest BCUT2D eigenvalue weighted by Gasteiger charge is -2.10. The lowest BCUT2D eigenvalue weighted by molar-refractivity contribution is 0.978. The van der Waals surface area contributed by atoms with Gasteiger partial charge >= 0.3 is 0 Å². The molecule has 2 heterocycles. The molecule has 8 heteroatoms. The van der Waals surface area contributed by atoms with E-state index in [-0.39, 0.29) is 5.95 Å². The molecule has 1 aromatic carbocycles. The fraction of sp³-hybridized carbons (Fsp3) is 0.176. The predicted molar refractivity (Wildman–Crippen MR) is 102 cm³/mol. The Balaban J connectivity index is 1.77. The molecule has 0 saturated heterocycles. The number of nitrogens with two attached hydrogens (primary N) is 1. The first kappa shape index (κ1) is 17.4. The number of rotatable bonds is 6. The van der Waals surface area contributed by atoms with E-state index in [1.165, 1.54) is 17.3 Å². The molecule has 0 aliphatic heterocycles. The number of nitrogens with one attached hydrogen (secondary N) is 1. The van der Waals surface area contributed by atoms with Gasteiger partial charge in [-0.15, -0.1) is 0 Å². The van der Waals surface area contributed by atoms with Crippen LogP contribution in [-0.4, -0.2) is 19.9 Å². The quantitative estimate of drug-likeness (QED) is 0.629. The fourth-order valence-corrected chi connectivity index (χ4v) is 3.26. The van der Waals surface area contributed by atoms with Crippen molar-refractivity contribution in [3.8, 4) is 0 Å². The predicted octanol–water partition coefficient (Wildman–Crippen LogP) is 4.10. The molecule has 3 rings (SSSR count). The lowest BCUT2D eigenvalue weighted by Crippen LogP contribution is -2.07. The van der Waals surface area contributed by atoms with E-state index in [1.807, 2.05) is 18.2 Å². The summed E-state index contributed by atoms with van der Waals surface area (Å²) in [5, 5.41) is 4.55. The smallest absolute Gasteiger partial charge is 0.232 e. The number of nitrogens with zero attached hydrogens (tertiary/aromatic N) is 4. The summed E-state index contributed by atoms with van der Waals surface area (Å²) in [6, 6.07) is 11.6. The van der Waals surface area contributed by atoms with Crippen molar-refractivity contribution >= 4 is 40.9 Å². The summed E-state index contributed by atoms with van der Waals surface area (Å²) in [5.41, 5.74) is 7.97. The van der Waals surface area contributed by atoms with Gasteiger partial charge in [-0.2, -0.15) is 15.0 Å². The highest BCUT2D eigenvalue weighted by atomic mass is 35.5. The highest BCUT2D eigenvalue weighted by Gasteiger charge is 2.09. The highest BCUT2D eigenvalue weighted by Crippen LogP contribution is 2.27. The Labute approximate surface area is 155 Å². The van der Waals surface area contributed by atoms with Gasteiger partial charge in [0.25, 0.3) is 0 Å². The van der Waals surface area contributed by atoms with E-state index in [9.17, 15) is 0 Å². The summed E-state index contributed by atoms with van der Waals surface area (Å²) in [6.45, 7) is 2.10. The average Bonchev–Trinajstić information content (AvgIpc) is 2.61. The Morgan fingerprint density at radius 1 is 1.12 bits per heavy atom. The van der Waals surface area contributed by atoms with Crippen molar-refractivity contribution in [3.63, 3.8) is 0 Å². The normalized spacial score (nSPS) is 10.6. The second-order valence-electron chi connectivity index (χ2n) is 5.15. The van der Waals surface area contributed by atoms with Gasteiger partial charge in [0.15, 0.2) is 0 Å². The SMILES string of the molecule is CCc1ccccc1Nc1nc(N)nc(CSc2ncccc2Cl)n1. The topological polar surface area (TPSA) is 89.6 Å². The van der Waals surface area contributed by atoms with Crippen LogP contribution in [0.25, 0.3) is 0 Å². The molecule has 0 aliphatic carbocycles. The summed E-state index contributed by atoms with van der Waals surface area (Å²) >= 11 is 7.57. The van der Waals surface area contributed by atoms with Crippen LogP contribution in [0.4, 0.5) is 17.6 Å². The molecule has 0 atom stereocenters. The molecular weight excluding hydrogens is 356 g/mol. The maximum Gasteiger partial charge on any atom is 0.232 e. The maximum absolute atomic E-state index is 6.12. The van der Waals surface area contributed by atoms with E-state index in [0.29, 0.717) is 22.5 Å². The van der Waals surface area contributed by atoms with Crippen LogP contribution in [0.3, 0.4) is 0 Å². The maximum atomic E-state index is 6.12. The van der Waals surface area contributed by atoms with Gasteiger partial charge in [-0.3, -0.25) is 0 Å². The third-order valence-corrected chi connectivity index (χ3v) is 4.82. The lowest BCUT2D eigenvalue weighted by atomic mass is 10.1. The van der Waals surface area contributed by atoms with Gasteiger partial charge in [0.2, 0.25) is 11.9 Å². The van der Waals surface area contributed by atoms with Gasteiger partial charge in [-0.1, -0.05) is 48.5 Å². The summed E-state index contributed by atoms with van der Waals surface area (Å²) < 4.78 is 0. The van der Waals surface area contributed by atoms with Crippen molar-refractivity contribution < 1.29 is 0 Å². The Bertz CT molecular complexity index is 873. The average molecular weight is 373 g/mol. The largest absolute Gasteiger partial charge is 0.368 e. The van der Waals surface area contributed by atoms with Crippen LogP contribution in [0, 0.1) is 0 Å². The number of benzene rings is 1. The first-order chi connectivity index (χ1) is 12.2. The number of aryl methyl sites for hydroxylation is 1. The number of para-hydroxylation sites is 1. The summed E-state index contributed by atoms with van der Waals surface area (Å²) in [6.07, 6.45) is 2.61.